The summed E-state index contributed by atoms with van der Waals surface area (Å²) in [5, 5.41) is 0. The van der Waals surface area contributed by atoms with E-state index in [0.29, 0.717) is 19.3 Å². The van der Waals surface area contributed by atoms with Crippen molar-refractivity contribution >= 4 is 17.9 Å². The second-order valence-corrected chi connectivity index (χ2v) is 23.4. The number of allylic oxidation sites excluding steroid dienone is 18. The highest BCUT2D eigenvalue weighted by Gasteiger charge is 2.19. The molecule has 1 atom stereocenters. The molecule has 0 aliphatic rings. The zero-order valence-corrected chi connectivity index (χ0v) is 54.7. The van der Waals surface area contributed by atoms with E-state index in [1.54, 1.807) is 0 Å². The van der Waals surface area contributed by atoms with Gasteiger partial charge in [-0.15, -0.1) is 0 Å². The van der Waals surface area contributed by atoms with Crippen molar-refractivity contribution in [3.63, 3.8) is 0 Å². The van der Waals surface area contributed by atoms with Crippen LogP contribution in [0, 0.1) is 0 Å². The molecule has 0 heterocycles. The maximum absolute atomic E-state index is 13.0. The van der Waals surface area contributed by atoms with Crippen LogP contribution in [0.4, 0.5) is 0 Å². The third kappa shape index (κ3) is 68.7. The first-order valence-electron chi connectivity index (χ1n) is 35.4. The zero-order valence-electron chi connectivity index (χ0n) is 54.7. The molecule has 83 heavy (non-hydrogen) atoms. The standard InChI is InChI=1S/C77H132O6/c1-4-7-10-13-16-19-22-25-28-31-34-36-38-40-43-46-49-52-55-58-61-64-67-70-76(79)82-73-74(72-81-75(78)69-66-63-60-57-54-51-48-45-42-33-30-27-24-21-18-15-12-9-6-3)83-77(80)71-68-65-62-59-56-53-50-47-44-41-39-37-35-32-29-26-23-20-17-14-11-8-5-2/h7,9-10,12,16,18-19,21,25,27-28,30,32,34-36,42,45,74H,4-6,8,11,13-15,17,20,22-24,26,29,31,33,37-41,43-44,46-73H2,1-3H3/b10-7-,12-9-,19-16-,21-18-,28-25-,30-27-,35-32-,36-34-,45-42-. The van der Waals surface area contributed by atoms with Gasteiger partial charge in [-0.05, 0) is 122 Å². The van der Waals surface area contributed by atoms with E-state index in [0.717, 1.165) is 116 Å². The van der Waals surface area contributed by atoms with Crippen LogP contribution >= 0.6 is 0 Å². The average molecular weight is 1150 g/mol. The molecule has 0 bridgehead atoms. The van der Waals surface area contributed by atoms with Gasteiger partial charge in [0.2, 0.25) is 0 Å². The molecule has 0 radical (unpaired) electrons. The fourth-order valence-corrected chi connectivity index (χ4v) is 10.0. The number of unbranched alkanes of at least 4 members (excludes halogenated alkanes) is 35. The molecule has 0 spiro atoms. The summed E-state index contributed by atoms with van der Waals surface area (Å²) in [6, 6.07) is 0. The van der Waals surface area contributed by atoms with Crippen molar-refractivity contribution in [3.05, 3.63) is 109 Å². The molecule has 1 unspecified atom stereocenters. The molecule has 0 aliphatic carbocycles. The van der Waals surface area contributed by atoms with E-state index in [2.05, 4.69) is 130 Å². The van der Waals surface area contributed by atoms with Gasteiger partial charge in [0.25, 0.3) is 0 Å². The Labute approximate surface area is 514 Å². The van der Waals surface area contributed by atoms with E-state index >= 15 is 0 Å². The summed E-state index contributed by atoms with van der Waals surface area (Å²) in [5.41, 5.74) is 0. The largest absolute Gasteiger partial charge is 0.462 e. The van der Waals surface area contributed by atoms with Gasteiger partial charge in [-0.25, -0.2) is 0 Å². The molecule has 0 N–H and O–H groups in total. The van der Waals surface area contributed by atoms with Crippen LogP contribution in [-0.2, 0) is 28.6 Å². The summed E-state index contributed by atoms with van der Waals surface area (Å²) in [6.45, 7) is 6.44. The lowest BCUT2D eigenvalue weighted by atomic mass is 10.0. The van der Waals surface area contributed by atoms with Crippen LogP contribution in [0.15, 0.2) is 109 Å². The lowest BCUT2D eigenvalue weighted by Gasteiger charge is -2.18. The van der Waals surface area contributed by atoms with Gasteiger partial charge >= 0.3 is 17.9 Å². The van der Waals surface area contributed by atoms with Crippen molar-refractivity contribution in [2.75, 3.05) is 13.2 Å². The fraction of sp³-hybridized carbons (Fsp3) is 0.727. The summed E-state index contributed by atoms with van der Waals surface area (Å²) in [4.78, 5) is 38.5. The molecule has 0 rings (SSSR count). The minimum Gasteiger partial charge on any atom is -0.462 e. The quantitative estimate of drug-likeness (QED) is 0.0261. The first-order valence-corrected chi connectivity index (χ1v) is 35.4. The molecular weight excluding hydrogens is 1020 g/mol. The van der Waals surface area contributed by atoms with Crippen molar-refractivity contribution in [2.45, 2.75) is 348 Å². The van der Waals surface area contributed by atoms with E-state index in [4.69, 9.17) is 14.2 Å². The number of rotatable bonds is 64. The molecule has 0 saturated heterocycles. The summed E-state index contributed by atoms with van der Waals surface area (Å²) >= 11 is 0. The molecule has 0 amide bonds. The van der Waals surface area contributed by atoms with Crippen molar-refractivity contribution in [3.8, 4) is 0 Å². The first kappa shape index (κ1) is 79.1. The highest BCUT2D eigenvalue weighted by Crippen LogP contribution is 2.17. The van der Waals surface area contributed by atoms with Crippen molar-refractivity contribution in [1.82, 2.24) is 0 Å². The van der Waals surface area contributed by atoms with Gasteiger partial charge in [0.05, 0.1) is 0 Å². The zero-order chi connectivity index (χ0) is 59.9. The van der Waals surface area contributed by atoms with Gasteiger partial charge in [-0.3, -0.25) is 14.4 Å². The third-order valence-corrected chi connectivity index (χ3v) is 15.2. The smallest absolute Gasteiger partial charge is 0.306 e. The first-order chi connectivity index (χ1) is 41.0. The Kier molecular flexibility index (Phi) is 67.2. The molecule has 0 fully saturated rings. The fourth-order valence-electron chi connectivity index (χ4n) is 10.0. The average Bonchev–Trinajstić information content (AvgIpc) is 3.49. The van der Waals surface area contributed by atoms with Crippen LogP contribution in [-0.4, -0.2) is 37.2 Å². The van der Waals surface area contributed by atoms with Crippen LogP contribution in [0.3, 0.4) is 0 Å². The van der Waals surface area contributed by atoms with Crippen LogP contribution in [0.1, 0.15) is 342 Å². The van der Waals surface area contributed by atoms with Crippen molar-refractivity contribution < 1.29 is 28.6 Å². The maximum atomic E-state index is 13.0. The molecule has 0 aromatic carbocycles. The molecule has 0 aliphatic heterocycles. The summed E-state index contributed by atoms with van der Waals surface area (Å²) in [7, 11) is 0. The second-order valence-electron chi connectivity index (χ2n) is 23.4. The van der Waals surface area contributed by atoms with Gasteiger partial charge in [0.1, 0.15) is 13.2 Å². The Morgan fingerprint density at radius 2 is 0.470 bits per heavy atom. The lowest BCUT2D eigenvalue weighted by molar-refractivity contribution is -0.167. The topological polar surface area (TPSA) is 78.9 Å². The van der Waals surface area contributed by atoms with E-state index in [-0.39, 0.29) is 31.1 Å². The van der Waals surface area contributed by atoms with Crippen molar-refractivity contribution in [2.24, 2.45) is 0 Å². The molecule has 0 saturated carbocycles. The monoisotopic (exact) mass is 1150 g/mol. The van der Waals surface area contributed by atoms with Gasteiger partial charge in [0, 0.05) is 19.3 Å². The van der Waals surface area contributed by atoms with Gasteiger partial charge in [0.15, 0.2) is 6.10 Å². The van der Waals surface area contributed by atoms with E-state index in [9.17, 15) is 14.4 Å². The SMILES string of the molecule is CC/C=C\C/C=C\C/C=C\C/C=C\CCCCCCCCCCCCC(=O)OCC(COC(=O)CCCCCCCC/C=C\C/C=C\C/C=C\C/C=C\CC)OC(=O)CCCCCCCCCCCCC/C=C\CCCCCCCCCC. The molecule has 0 aromatic rings. The highest BCUT2D eigenvalue weighted by molar-refractivity contribution is 5.71. The summed E-state index contributed by atoms with van der Waals surface area (Å²) < 4.78 is 17.0. The number of hydrogen-bond acceptors (Lipinski definition) is 6. The number of hydrogen-bond donors (Lipinski definition) is 0. The molecular formula is C77H132O6. The van der Waals surface area contributed by atoms with Crippen LogP contribution < -0.4 is 0 Å². The van der Waals surface area contributed by atoms with Gasteiger partial charge in [-0.2, -0.15) is 0 Å². The Bertz CT molecular complexity index is 1660. The molecule has 6 nitrogen and oxygen atoms in total. The Morgan fingerprint density at radius 3 is 0.747 bits per heavy atom. The number of ether oxygens (including phenoxy) is 3. The minimum absolute atomic E-state index is 0.0847. The minimum atomic E-state index is -0.790. The molecule has 6 heteroatoms. The molecule has 0 aromatic heterocycles. The van der Waals surface area contributed by atoms with Crippen molar-refractivity contribution in [1.29, 1.82) is 0 Å². The predicted molar refractivity (Wildman–Crippen MR) is 362 cm³/mol. The lowest BCUT2D eigenvalue weighted by Crippen LogP contribution is -2.30. The van der Waals surface area contributed by atoms with Crippen LogP contribution in [0.5, 0.6) is 0 Å². The number of carbonyl (C=O) groups excluding carboxylic acids is 3. The molecule has 476 valence electrons. The third-order valence-electron chi connectivity index (χ3n) is 15.2. The van der Waals surface area contributed by atoms with Gasteiger partial charge < -0.3 is 14.2 Å². The highest BCUT2D eigenvalue weighted by atomic mass is 16.6. The van der Waals surface area contributed by atoms with Crippen LogP contribution in [0.25, 0.3) is 0 Å². The Hall–Kier alpha value is -3.93. The maximum Gasteiger partial charge on any atom is 0.306 e. The number of carbonyl (C=O) groups is 3. The normalized spacial score (nSPS) is 12.8. The Balaban J connectivity index is 4.39. The Morgan fingerprint density at radius 1 is 0.253 bits per heavy atom. The van der Waals surface area contributed by atoms with E-state index < -0.39 is 6.10 Å². The number of esters is 3. The summed E-state index contributed by atoms with van der Waals surface area (Å²) in [5.74, 6) is -0.889. The predicted octanol–water partition coefficient (Wildman–Crippen LogP) is 24.6. The second kappa shape index (κ2) is 70.6. The van der Waals surface area contributed by atoms with Crippen LogP contribution in [0.2, 0.25) is 0 Å². The summed E-state index contributed by atoms with van der Waals surface area (Å²) in [6.07, 6.45) is 96.8. The van der Waals surface area contributed by atoms with E-state index in [1.165, 1.54) is 186 Å². The van der Waals surface area contributed by atoms with E-state index in [1.807, 2.05) is 0 Å². The van der Waals surface area contributed by atoms with Gasteiger partial charge in [-0.1, -0.05) is 310 Å².